The molecular weight excluding hydrogens is 248 g/mol. The molecule has 0 saturated carbocycles. The molecule has 0 N–H and O–H groups in total. The molecular formula is C16H26N4. The topological polar surface area (TPSA) is 22.6 Å². The number of anilines is 1. The highest BCUT2D eigenvalue weighted by Gasteiger charge is 2.26. The molecule has 2 saturated heterocycles. The molecule has 1 aromatic heterocycles. The predicted molar refractivity (Wildman–Crippen MR) is 83.3 cm³/mol. The molecule has 4 heteroatoms. The molecule has 0 radical (unpaired) electrons. The van der Waals surface area contributed by atoms with Gasteiger partial charge in [0.25, 0.3) is 0 Å². The van der Waals surface area contributed by atoms with Crippen LogP contribution in [0.2, 0.25) is 0 Å². The van der Waals surface area contributed by atoms with Gasteiger partial charge in [-0.05, 0) is 51.5 Å². The van der Waals surface area contributed by atoms with Crippen LogP contribution < -0.4 is 4.90 Å². The lowest BCUT2D eigenvalue weighted by molar-refractivity contribution is 0.115. The zero-order valence-corrected chi connectivity index (χ0v) is 12.8. The first-order chi connectivity index (χ1) is 9.72. The minimum atomic E-state index is 0.805. The van der Waals surface area contributed by atoms with Crippen molar-refractivity contribution in [3.63, 3.8) is 0 Å². The standard InChI is InChI=1S/C16H26N4/c1-14-3-4-16(17-13-14)20-11-9-19(10-12-20)15-5-7-18(2)8-6-15/h3-4,13,15H,5-12H2,1-2H3. The fourth-order valence-electron chi connectivity index (χ4n) is 3.32. The van der Waals surface area contributed by atoms with Crippen LogP contribution in [0.4, 0.5) is 5.82 Å². The molecule has 0 unspecified atom stereocenters. The van der Waals surface area contributed by atoms with Crippen LogP contribution in [0.15, 0.2) is 18.3 Å². The second-order valence-corrected chi connectivity index (χ2v) is 6.25. The molecule has 2 aliphatic heterocycles. The first-order valence-corrected chi connectivity index (χ1v) is 7.82. The largest absolute Gasteiger partial charge is 0.354 e. The number of aryl methyl sites for hydroxylation is 1. The van der Waals surface area contributed by atoms with Crippen LogP contribution in [0, 0.1) is 6.92 Å². The van der Waals surface area contributed by atoms with Crippen LogP contribution in [0.5, 0.6) is 0 Å². The van der Waals surface area contributed by atoms with Crippen LogP contribution >= 0.6 is 0 Å². The van der Waals surface area contributed by atoms with E-state index in [1.165, 1.54) is 44.6 Å². The van der Waals surface area contributed by atoms with E-state index in [1.807, 2.05) is 6.20 Å². The number of piperidine rings is 1. The van der Waals surface area contributed by atoms with E-state index >= 15 is 0 Å². The lowest BCUT2D eigenvalue weighted by Crippen LogP contribution is -2.53. The SMILES string of the molecule is Cc1ccc(N2CCN(C3CCN(C)CC3)CC2)nc1. The second kappa shape index (κ2) is 6.10. The first kappa shape index (κ1) is 13.8. The zero-order valence-electron chi connectivity index (χ0n) is 12.8. The van der Waals surface area contributed by atoms with Crippen LogP contribution in [0.1, 0.15) is 18.4 Å². The number of hydrogen-bond donors (Lipinski definition) is 0. The molecule has 4 nitrogen and oxygen atoms in total. The first-order valence-electron chi connectivity index (χ1n) is 7.82. The van der Waals surface area contributed by atoms with Crippen molar-refractivity contribution >= 4 is 5.82 Å². The Morgan fingerprint density at radius 2 is 1.70 bits per heavy atom. The summed E-state index contributed by atoms with van der Waals surface area (Å²) in [6.45, 7) is 9.20. The molecule has 0 atom stereocenters. The molecule has 0 aromatic carbocycles. The van der Waals surface area contributed by atoms with Crippen molar-refractivity contribution in [3.05, 3.63) is 23.9 Å². The number of aromatic nitrogens is 1. The van der Waals surface area contributed by atoms with E-state index in [2.05, 4.69) is 45.8 Å². The molecule has 110 valence electrons. The Balaban J connectivity index is 1.53. The highest BCUT2D eigenvalue weighted by molar-refractivity contribution is 5.39. The van der Waals surface area contributed by atoms with E-state index in [-0.39, 0.29) is 0 Å². The van der Waals surface area contributed by atoms with Gasteiger partial charge >= 0.3 is 0 Å². The van der Waals surface area contributed by atoms with Crippen molar-refractivity contribution < 1.29 is 0 Å². The average Bonchev–Trinajstić information content (AvgIpc) is 2.49. The van der Waals surface area contributed by atoms with Gasteiger partial charge in [0, 0.05) is 38.4 Å². The smallest absolute Gasteiger partial charge is 0.128 e. The summed E-state index contributed by atoms with van der Waals surface area (Å²) in [6, 6.07) is 5.12. The van der Waals surface area contributed by atoms with Crippen LogP contribution in [-0.2, 0) is 0 Å². The van der Waals surface area contributed by atoms with Crippen LogP contribution in [0.25, 0.3) is 0 Å². The normalized spacial score (nSPS) is 23.2. The van der Waals surface area contributed by atoms with Crippen molar-refractivity contribution in [2.75, 3.05) is 51.2 Å². The van der Waals surface area contributed by atoms with Crippen molar-refractivity contribution in [1.82, 2.24) is 14.8 Å². The Morgan fingerprint density at radius 3 is 2.30 bits per heavy atom. The zero-order chi connectivity index (χ0) is 13.9. The van der Waals surface area contributed by atoms with Crippen molar-refractivity contribution in [1.29, 1.82) is 0 Å². The average molecular weight is 274 g/mol. The van der Waals surface area contributed by atoms with E-state index in [1.54, 1.807) is 0 Å². The summed E-state index contributed by atoms with van der Waals surface area (Å²) in [4.78, 5) is 12.1. The fourth-order valence-corrected chi connectivity index (χ4v) is 3.32. The Hall–Kier alpha value is -1.13. The summed E-state index contributed by atoms with van der Waals surface area (Å²) >= 11 is 0. The van der Waals surface area contributed by atoms with E-state index in [0.29, 0.717) is 0 Å². The van der Waals surface area contributed by atoms with E-state index in [4.69, 9.17) is 0 Å². The minimum absolute atomic E-state index is 0.805. The van der Waals surface area contributed by atoms with Gasteiger partial charge in [0.2, 0.25) is 0 Å². The van der Waals surface area contributed by atoms with Crippen LogP contribution in [-0.4, -0.2) is 67.1 Å². The summed E-state index contributed by atoms with van der Waals surface area (Å²) in [5.41, 5.74) is 1.23. The lowest BCUT2D eigenvalue weighted by Gasteiger charge is -2.42. The Bertz CT molecular complexity index is 415. The van der Waals surface area contributed by atoms with Gasteiger partial charge in [-0.2, -0.15) is 0 Å². The Kier molecular flexibility index (Phi) is 4.22. The van der Waals surface area contributed by atoms with Gasteiger partial charge in [-0.3, -0.25) is 4.90 Å². The van der Waals surface area contributed by atoms with Crippen molar-refractivity contribution in [2.24, 2.45) is 0 Å². The summed E-state index contributed by atoms with van der Waals surface area (Å²) in [6.07, 6.45) is 4.64. The van der Waals surface area contributed by atoms with Gasteiger partial charge in [-0.25, -0.2) is 4.98 Å². The van der Waals surface area contributed by atoms with E-state index < -0.39 is 0 Å². The minimum Gasteiger partial charge on any atom is -0.354 e. The summed E-state index contributed by atoms with van der Waals surface area (Å²) in [7, 11) is 2.23. The molecule has 0 amide bonds. The van der Waals surface area contributed by atoms with E-state index in [0.717, 1.165) is 24.9 Å². The van der Waals surface area contributed by atoms with Gasteiger partial charge in [0.1, 0.15) is 5.82 Å². The van der Waals surface area contributed by atoms with Crippen LogP contribution in [0.3, 0.4) is 0 Å². The molecule has 3 rings (SSSR count). The van der Waals surface area contributed by atoms with Crippen molar-refractivity contribution in [3.8, 4) is 0 Å². The van der Waals surface area contributed by atoms with E-state index in [9.17, 15) is 0 Å². The monoisotopic (exact) mass is 274 g/mol. The number of nitrogens with zero attached hydrogens (tertiary/aromatic N) is 4. The molecule has 20 heavy (non-hydrogen) atoms. The molecule has 2 aliphatic rings. The molecule has 0 spiro atoms. The second-order valence-electron chi connectivity index (χ2n) is 6.25. The number of likely N-dealkylation sites (tertiary alicyclic amines) is 1. The fraction of sp³-hybridized carbons (Fsp3) is 0.688. The summed E-state index contributed by atoms with van der Waals surface area (Å²) in [5.74, 6) is 1.14. The predicted octanol–water partition coefficient (Wildman–Crippen LogP) is 1.61. The maximum atomic E-state index is 4.55. The third kappa shape index (κ3) is 3.13. The number of pyridine rings is 1. The molecule has 0 aliphatic carbocycles. The van der Waals surface area contributed by atoms with Crippen molar-refractivity contribution in [2.45, 2.75) is 25.8 Å². The highest BCUT2D eigenvalue weighted by atomic mass is 15.3. The third-order valence-corrected chi connectivity index (χ3v) is 4.74. The summed E-state index contributed by atoms with van der Waals surface area (Å²) in [5, 5.41) is 0. The summed E-state index contributed by atoms with van der Waals surface area (Å²) < 4.78 is 0. The number of hydrogen-bond acceptors (Lipinski definition) is 4. The highest BCUT2D eigenvalue weighted by Crippen LogP contribution is 2.19. The van der Waals surface area contributed by atoms with Gasteiger partial charge in [0.05, 0.1) is 0 Å². The maximum absolute atomic E-state index is 4.55. The number of rotatable bonds is 2. The molecule has 2 fully saturated rings. The quantitative estimate of drug-likeness (QED) is 0.817. The lowest BCUT2D eigenvalue weighted by atomic mass is 10.0. The van der Waals surface area contributed by atoms with Gasteiger partial charge in [-0.15, -0.1) is 0 Å². The Morgan fingerprint density at radius 1 is 1.00 bits per heavy atom. The van der Waals surface area contributed by atoms with Gasteiger partial charge < -0.3 is 9.80 Å². The van der Waals surface area contributed by atoms with Gasteiger partial charge in [0.15, 0.2) is 0 Å². The van der Waals surface area contributed by atoms with Gasteiger partial charge in [-0.1, -0.05) is 6.07 Å². The molecule has 0 bridgehead atoms. The molecule has 1 aromatic rings. The number of piperazine rings is 1. The maximum Gasteiger partial charge on any atom is 0.128 e. The third-order valence-electron chi connectivity index (χ3n) is 4.74. The Labute approximate surface area is 122 Å². The molecule has 3 heterocycles.